The molecule has 0 unspecified atom stereocenters. The summed E-state index contributed by atoms with van der Waals surface area (Å²) in [6.45, 7) is 5.72. The number of carbonyl (C=O) groups excluding carboxylic acids is 1. The molecule has 0 N–H and O–H groups in total. The monoisotopic (exact) mass is 270 g/mol. The van der Waals surface area contributed by atoms with Gasteiger partial charge >= 0.3 is 5.97 Å². The van der Waals surface area contributed by atoms with E-state index < -0.39 is 5.97 Å². The Hall–Kier alpha value is -2.68. The molecule has 0 aliphatic carbocycles. The molecule has 2 rings (SSSR count). The molecule has 0 aliphatic rings. The number of carbonyl (C=O) groups is 1. The summed E-state index contributed by atoms with van der Waals surface area (Å²) in [5.74, 6) is -0.0258. The first kappa shape index (κ1) is 13.7. The van der Waals surface area contributed by atoms with E-state index in [4.69, 9.17) is 4.74 Å². The summed E-state index contributed by atoms with van der Waals surface area (Å²) in [5.41, 5.74) is 2.37. The molecule has 0 radical (unpaired) electrons. The highest BCUT2D eigenvalue weighted by atomic mass is 16.5. The lowest BCUT2D eigenvalue weighted by Crippen LogP contribution is -2.06. The van der Waals surface area contributed by atoms with Gasteiger partial charge in [0.25, 0.3) is 0 Å². The number of aromatic nitrogens is 3. The maximum absolute atomic E-state index is 11.6. The smallest absolute Gasteiger partial charge is 0.341 e. The van der Waals surface area contributed by atoms with Crippen molar-refractivity contribution in [3.05, 3.63) is 40.8 Å². The minimum Gasteiger partial charge on any atom is -0.462 e. The Kier molecular flexibility index (Phi) is 3.80. The Balaban J connectivity index is 2.48. The zero-order valence-corrected chi connectivity index (χ0v) is 11.5. The second-order valence-corrected chi connectivity index (χ2v) is 4.28. The van der Waals surface area contributed by atoms with Gasteiger partial charge in [-0.2, -0.15) is 10.4 Å². The Morgan fingerprint density at radius 3 is 2.90 bits per heavy atom. The number of nitriles is 1. The van der Waals surface area contributed by atoms with Gasteiger partial charge in [-0.05, 0) is 32.4 Å². The van der Waals surface area contributed by atoms with Crippen molar-refractivity contribution in [1.29, 1.82) is 5.26 Å². The normalized spacial score (nSPS) is 10.1. The minimum atomic E-state index is -0.443. The molecule has 0 fully saturated rings. The van der Waals surface area contributed by atoms with Gasteiger partial charge in [0.05, 0.1) is 23.9 Å². The van der Waals surface area contributed by atoms with E-state index in [0.717, 1.165) is 11.3 Å². The van der Waals surface area contributed by atoms with Crippen LogP contribution in [0.1, 0.15) is 34.1 Å². The molecule has 20 heavy (non-hydrogen) atoms. The molecule has 0 spiro atoms. The van der Waals surface area contributed by atoms with Crippen LogP contribution in [-0.4, -0.2) is 27.3 Å². The maximum Gasteiger partial charge on any atom is 0.341 e. The number of aryl methyl sites for hydroxylation is 2. The fourth-order valence-electron chi connectivity index (χ4n) is 1.88. The standard InChI is InChI=1S/C14H14N4O2/c1-4-20-14(19)11-7-16-18(8-11)13-12(6-15)9(2)5-10(3)17-13/h5,7-8H,4H2,1-3H3. The van der Waals surface area contributed by atoms with Crippen molar-refractivity contribution >= 4 is 5.97 Å². The quantitative estimate of drug-likeness (QED) is 0.796. The van der Waals surface area contributed by atoms with Crippen LogP contribution in [0.3, 0.4) is 0 Å². The Morgan fingerprint density at radius 1 is 1.50 bits per heavy atom. The van der Waals surface area contributed by atoms with Crippen molar-refractivity contribution in [2.24, 2.45) is 0 Å². The molecule has 6 nitrogen and oxygen atoms in total. The molecule has 0 bridgehead atoms. The van der Waals surface area contributed by atoms with Crippen molar-refractivity contribution in [3.63, 3.8) is 0 Å². The van der Waals surface area contributed by atoms with Crippen molar-refractivity contribution in [2.75, 3.05) is 6.61 Å². The number of pyridine rings is 1. The van der Waals surface area contributed by atoms with Gasteiger partial charge in [-0.25, -0.2) is 14.5 Å². The number of hydrogen-bond donors (Lipinski definition) is 0. The third-order valence-corrected chi connectivity index (χ3v) is 2.75. The number of ether oxygens (including phenoxy) is 1. The van der Waals surface area contributed by atoms with E-state index in [1.807, 2.05) is 19.9 Å². The molecule has 0 aromatic carbocycles. The lowest BCUT2D eigenvalue weighted by atomic mass is 10.1. The van der Waals surface area contributed by atoms with E-state index in [1.165, 1.54) is 17.1 Å². The van der Waals surface area contributed by atoms with E-state index in [9.17, 15) is 10.1 Å². The maximum atomic E-state index is 11.6. The zero-order valence-electron chi connectivity index (χ0n) is 11.5. The summed E-state index contributed by atoms with van der Waals surface area (Å²) in [7, 11) is 0. The first-order valence-corrected chi connectivity index (χ1v) is 6.17. The molecular weight excluding hydrogens is 256 g/mol. The second kappa shape index (κ2) is 5.53. The number of nitrogens with zero attached hydrogens (tertiary/aromatic N) is 4. The summed E-state index contributed by atoms with van der Waals surface area (Å²) >= 11 is 0. The molecule has 0 saturated carbocycles. The third kappa shape index (κ3) is 2.52. The van der Waals surface area contributed by atoms with Gasteiger partial charge in [-0.1, -0.05) is 0 Å². The Morgan fingerprint density at radius 2 is 2.25 bits per heavy atom. The molecule has 2 aromatic rings. The predicted molar refractivity (Wildman–Crippen MR) is 71.5 cm³/mol. The van der Waals surface area contributed by atoms with E-state index in [0.29, 0.717) is 23.6 Å². The Bertz CT molecular complexity index is 698. The van der Waals surface area contributed by atoms with Gasteiger partial charge in [0.15, 0.2) is 5.82 Å². The topological polar surface area (TPSA) is 80.8 Å². The summed E-state index contributed by atoms with van der Waals surface area (Å²) in [6.07, 6.45) is 2.92. The molecule has 0 amide bonds. The van der Waals surface area contributed by atoms with Crippen LogP contribution in [0.4, 0.5) is 0 Å². The average Bonchev–Trinajstić information content (AvgIpc) is 2.87. The summed E-state index contributed by atoms with van der Waals surface area (Å²) in [4.78, 5) is 15.9. The third-order valence-electron chi connectivity index (χ3n) is 2.75. The SMILES string of the molecule is CCOC(=O)c1cnn(-c2nc(C)cc(C)c2C#N)c1. The van der Waals surface area contributed by atoms with Gasteiger partial charge in [0.2, 0.25) is 0 Å². The highest BCUT2D eigenvalue weighted by Gasteiger charge is 2.15. The van der Waals surface area contributed by atoms with E-state index in [-0.39, 0.29) is 0 Å². The van der Waals surface area contributed by atoms with E-state index >= 15 is 0 Å². The first-order valence-electron chi connectivity index (χ1n) is 6.17. The highest BCUT2D eigenvalue weighted by Crippen LogP contribution is 2.17. The lowest BCUT2D eigenvalue weighted by Gasteiger charge is -2.07. The van der Waals surface area contributed by atoms with Gasteiger partial charge in [-0.15, -0.1) is 0 Å². The zero-order chi connectivity index (χ0) is 14.7. The van der Waals surface area contributed by atoms with Gasteiger partial charge in [0.1, 0.15) is 6.07 Å². The molecule has 0 aliphatic heterocycles. The summed E-state index contributed by atoms with van der Waals surface area (Å²) in [5, 5.41) is 13.3. The number of esters is 1. The molecule has 0 atom stereocenters. The van der Waals surface area contributed by atoms with Crippen LogP contribution in [0, 0.1) is 25.2 Å². The lowest BCUT2D eigenvalue weighted by molar-refractivity contribution is 0.0526. The first-order chi connectivity index (χ1) is 9.56. The highest BCUT2D eigenvalue weighted by molar-refractivity contribution is 5.88. The van der Waals surface area contributed by atoms with Gasteiger partial charge < -0.3 is 4.74 Å². The summed E-state index contributed by atoms with van der Waals surface area (Å²) in [6, 6.07) is 3.94. The van der Waals surface area contributed by atoms with Crippen molar-refractivity contribution in [3.8, 4) is 11.9 Å². The summed E-state index contributed by atoms with van der Waals surface area (Å²) < 4.78 is 6.32. The fraction of sp³-hybridized carbons (Fsp3) is 0.286. The molecule has 0 saturated heterocycles. The molecule has 2 aromatic heterocycles. The van der Waals surface area contributed by atoms with Crippen LogP contribution >= 0.6 is 0 Å². The van der Waals surface area contributed by atoms with E-state index in [1.54, 1.807) is 6.92 Å². The Labute approximate surface area is 116 Å². The van der Waals surface area contributed by atoms with Gasteiger partial charge in [-0.3, -0.25) is 0 Å². The fourth-order valence-corrected chi connectivity index (χ4v) is 1.88. The van der Waals surface area contributed by atoms with Crippen LogP contribution < -0.4 is 0 Å². The number of hydrogen-bond acceptors (Lipinski definition) is 5. The minimum absolute atomic E-state index is 0.301. The van der Waals surface area contributed by atoms with Gasteiger partial charge in [0, 0.05) is 11.9 Å². The number of rotatable bonds is 3. The molecular formula is C14H14N4O2. The van der Waals surface area contributed by atoms with Crippen LogP contribution in [0.15, 0.2) is 18.5 Å². The van der Waals surface area contributed by atoms with Crippen LogP contribution in [-0.2, 0) is 4.74 Å². The van der Waals surface area contributed by atoms with Crippen LogP contribution in [0.25, 0.3) is 5.82 Å². The van der Waals surface area contributed by atoms with Crippen LogP contribution in [0.2, 0.25) is 0 Å². The average molecular weight is 270 g/mol. The van der Waals surface area contributed by atoms with Crippen molar-refractivity contribution in [1.82, 2.24) is 14.8 Å². The molecule has 6 heteroatoms. The van der Waals surface area contributed by atoms with Crippen LogP contribution in [0.5, 0.6) is 0 Å². The second-order valence-electron chi connectivity index (χ2n) is 4.28. The largest absolute Gasteiger partial charge is 0.462 e. The molecule has 2 heterocycles. The predicted octanol–water partition coefficient (Wildman–Crippen LogP) is 1.93. The molecule has 102 valence electrons. The van der Waals surface area contributed by atoms with E-state index in [2.05, 4.69) is 16.2 Å². The van der Waals surface area contributed by atoms with Crippen molar-refractivity contribution in [2.45, 2.75) is 20.8 Å². The van der Waals surface area contributed by atoms with Crippen molar-refractivity contribution < 1.29 is 9.53 Å².